The molecule has 1 aromatic heterocycles. The Morgan fingerprint density at radius 3 is 2.58 bits per heavy atom. The zero-order valence-electron chi connectivity index (χ0n) is 11.8. The van der Waals surface area contributed by atoms with E-state index in [2.05, 4.69) is 10.3 Å². The van der Waals surface area contributed by atoms with Crippen molar-refractivity contribution in [3.63, 3.8) is 0 Å². The fourth-order valence-corrected chi connectivity index (χ4v) is 2.12. The van der Waals surface area contributed by atoms with E-state index in [0.717, 1.165) is 0 Å². The molecule has 24 heavy (non-hydrogen) atoms. The molecule has 0 atom stereocenters. The maximum atomic E-state index is 11.8. The van der Waals surface area contributed by atoms with Crippen molar-refractivity contribution >= 4 is 52.4 Å². The van der Waals surface area contributed by atoms with Crippen molar-refractivity contribution in [3.8, 4) is 6.07 Å². The maximum Gasteiger partial charge on any atom is 0.340 e. The number of carbonyl (C=O) groups is 2. The molecule has 2 aromatic rings. The van der Waals surface area contributed by atoms with Crippen LogP contribution < -0.4 is 5.32 Å². The monoisotopic (exact) mass is 383 g/mol. The average molecular weight is 385 g/mol. The third kappa shape index (κ3) is 4.59. The molecule has 122 valence electrons. The Balaban J connectivity index is 1.93. The molecule has 0 saturated carbocycles. The molecule has 1 N–H and O–H groups in total. The highest BCUT2D eigenvalue weighted by Crippen LogP contribution is 2.21. The first kappa shape index (κ1) is 18.0. The second kappa shape index (κ2) is 7.97. The summed E-state index contributed by atoms with van der Waals surface area (Å²) in [4.78, 5) is 27.3. The third-order valence-electron chi connectivity index (χ3n) is 2.74. The van der Waals surface area contributed by atoms with E-state index in [0.29, 0.717) is 5.69 Å². The van der Waals surface area contributed by atoms with Crippen molar-refractivity contribution in [3.05, 3.63) is 56.8 Å². The third-order valence-corrected chi connectivity index (χ3v) is 3.74. The molecule has 0 aliphatic heterocycles. The molecule has 0 fully saturated rings. The van der Waals surface area contributed by atoms with Gasteiger partial charge in [-0.15, -0.1) is 0 Å². The first-order chi connectivity index (χ1) is 11.4. The molecule has 0 spiro atoms. The molecule has 2 rings (SSSR count). The zero-order valence-corrected chi connectivity index (χ0v) is 14.1. The molecule has 6 nitrogen and oxygen atoms in total. The fourth-order valence-electron chi connectivity index (χ4n) is 1.63. The number of nitriles is 1. The van der Waals surface area contributed by atoms with Gasteiger partial charge in [0, 0.05) is 11.9 Å². The average Bonchev–Trinajstić information content (AvgIpc) is 2.55. The van der Waals surface area contributed by atoms with Crippen LogP contribution in [-0.2, 0) is 9.53 Å². The smallest absolute Gasteiger partial charge is 0.340 e. The van der Waals surface area contributed by atoms with Crippen LogP contribution in [0.1, 0.15) is 15.9 Å². The van der Waals surface area contributed by atoms with Gasteiger partial charge in [0.05, 0.1) is 21.2 Å². The van der Waals surface area contributed by atoms with Crippen LogP contribution in [0, 0.1) is 11.3 Å². The van der Waals surface area contributed by atoms with Gasteiger partial charge in [-0.25, -0.2) is 9.78 Å². The standard InChI is InChI=1S/C15H8Cl3N3O3/c16-11-4-10(2-1-8(11)5-19)21-13(22)7-24-15(23)9-3-12(17)14(18)20-6-9/h1-4,6H,7H2,(H,21,22). The molecule has 9 heteroatoms. The van der Waals surface area contributed by atoms with Gasteiger partial charge >= 0.3 is 5.97 Å². The number of halogens is 3. The Labute approximate surface area is 151 Å². The van der Waals surface area contributed by atoms with Crippen molar-refractivity contribution in [2.45, 2.75) is 0 Å². The van der Waals surface area contributed by atoms with Crippen LogP contribution in [0.3, 0.4) is 0 Å². The Bertz CT molecular complexity index is 850. The number of ether oxygens (including phenoxy) is 1. The highest BCUT2D eigenvalue weighted by Gasteiger charge is 2.13. The lowest BCUT2D eigenvalue weighted by atomic mass is 10.2. The minimum Gasteiger partial charge on any atom is -0.452 e. The van der Waals surface area contributed by atoms with Crippen LogP contribution in [0.2, 0.25) is 15.2 Å². The molecular weight excluding hydrogens is 377 g/mol. The molecule has 1 aromatic carbocycles. The van der Waals surface area contributed by atoms with Crippen LogP contribution >= 0.6 is 34.8 Å². The van der Waals surface area contributed by atoms with Crippen LogP contribution in [0.25, 0.3) is 0 Å². The van der Waals surface area contributed by atoms with Crippen molar-refractivity contribution in [2.75, 3.05) is 11.9 Å². The van der Waals surface area contributed by atoms with E-state index in [9.17, 15) is 9.59 Å². The van der Waals surface area contributed by atoms with Gasteiger partial charge in [-0.2, -0.15) is 5.26 Å². The predicted molar refractivity (Wildman–Crippen MR) is 89.3 cm³/mol. The molecule has 0 radical (unpaired) electrons. The minimum absolute atomic E-state index is 0.0589. The highest BCUT2D eigenvalue weighted by atomic mass is 35.5. The number of anilines is 1. The number of pyridine rings is 1. The summed E-state index contributed by atoms with van der Waals surface area (Å²) in [6, 6.07) is 7.58. The first-order valence-electron chi connectivity index (χ1n) is 6.38. The maximum absolute atomic E-state index is 11.8. The zero-order chi connectivity index (χ0) is 17.7. The molecule has 0 aliphatic carbocycles. The lowest BCUT2D eigenvalue weighted by Crippen LogP contribution is -2.21. The number of aromatic nitrogens is 1. The fraction of sp³-hybridized carbons (Fsp3) is 0.0667. The predicted octanol–water partition coefficient (Wildman–Crippen LogP) is 3.71. The summed E-state index contributed by atoms with van der Waals surface area (Å²) in [5.74, 6) is -1.34. The SMILES string of the molecule is N#Cc1ccc(NC(=O)COC(=O)c2cnc(Cl)c(Cl)c2)cc1Cl. The number of hydrogen-bond acceptors (Lipinski definition) is 5. The summed E-state index contributed by atoms with van der Waals surface area (Å²) in [7, 11) is 0. The van der Waals surface area contributed by atoms with E-state index in [-0.39, 0.29) is 26.3 Å². The van der Waals surface area contributed by atoms with Gasteiger partial charge < -0.3 is 10.1 Å². The van der Waals surface area contributed by atoms with E-state index < -0.39 is 18.5 Å². The summed E-state index contributed by atoms with van der Waals surface area (Å²) in [5, 5.41) is 11.6. The molecular formula is C15H8Cl3N3O3. The molecule has 1 heterocycles. The summed E-state index contributed by atoms with van der Waals surface area (Å²) >= 11 is 17.3. The normalized spacial score (nSPS) is 9.92. The lowest BCUT2D eigenvalue weighted by Gasteiger charge is -2.07. The Kier molecular flexibility index (Phi) is 5.99. The minimum atomic E-state index is -0.769. The second-order valence-electron chi connectivity index (χ2n) is 4.43. The number of nitrogens with one attached hydrogen (secondary N) is 1. The summed E-state index contributed by atoms with van der Waals surface area (Å²) in [6.45, 7) is -0.517. The van der Waals surface area contributed by atoms with Gasteiger partial charge in [-0.05, 0) is 24.3 Å². The van der Waals surface area contributed by atoms with E-state index in [1.807, 2.05) is 6.07 Å². The van der Waals surface area contributed by atoms with Crippen molar-refractivity contribution in [2.24, 2.45) is 0 Å². The van der Waals surface area contributed by atoms with Gasteiger partial charge in [-0.3, -0.25) is 4.79 Å². The van der Waals surface area contributed by atoms with Gasteiger partial charge in [0.1, 0.15) is 11.2 Å². The van der Waals surface area contributed by atoms with Gasteiger partial charge in [0.25, 0.3) is 5.91 Å². The van der Waals surface area contributed by atoms with Crippen molar-refractivity contribution in [1.82, 2.24) is 4.98 Å². The van der Waals surface area contributed by atoms with Crippen LogP contribution in [0.15, 0.2) is 30.5 Å². The Morgan fingerprint density at radius 2 is 1.96 bits per heavy atom. The van der Waals surface area contributed by atoms with Crippen LogP contribution in [-0.4, -0.2) is 23.5 Å². The van der Waals surface area contributed by atoms with Crippen LogP contribution in [0.4, 0.5) is 5.69 Å². The lowest BCUT2D eigenvalue weighted by molar-refractivity contribution is -0.119. The Morgan fingerprint density at radius 1 is 1.21 bits per heavy atom. The van der Waals surface area contributed by atoms with Gasteiger partial charge in [0.2, 0.25) is 0 Å². The molecule has 0 aliphatic rings. The number of carbonyl (C=O) groups excluding carboxylic acids is 2. The quantitative estimate of drug-likeness (QED) is 0.641. The number of nitrogens with zero attached hydrogens (tertiary/aromatic N) is 2. The number of esters is 1. The summed E-state index contributed by atoms with van der Waals surface area (Å²) in [5.41, 5.74) is 0.725. The Hall–Kier alpha value is -2.33. The van der Waals surface area contributed by atoms with Crippen molar-refractivity contribution in [1.29, 1.82) is 5.26 Å². The largest absolute Gasteiger partial charge is 0.452 e. The number of rotatable bonds is 4. The summed E-state index contributed by atoms with van der Waals surface area (Å²) in [6.07, 6.45) is 1.19. The second-order valence-corrected chi connectivity index (χ2v) is 5.60. The topological polar surface area (TPSA) is 92.1 Å². The van der Waals surface area contributed by atoms with E-state index >= 15 is 0 Å². The van der Waals surface area contributed by atoms with Crippen molar-refractivity contribution < 1.29 is 14.3 Å². The summed E-state index contributed by atoms with van der Waals surface area (Å²) < 4.78 is 4.85. The number of hydrogen-bond donors (Lipinski definition) is 1. The first-order valence-corrected chi connectivity index (χ1v) is 7.51. The number of amides is 1. The van der Waals surface area contributed by atoms with Gasteiger partial charge in [0.15, 0.2) is 6.61 Å². The van der Waals surface area contributed by atoms with Crippen LogP contribution in [0.5, 0.6) is 0 Å². The molecule has 0 bridgehead atoms. The number of benzene rings is 1. The van der Waals surface area contributed by atoms with E-state index in [1.165, 1.54) is 30.5 Å². The highest BCUT2D eigenvalue weighted by molar-refractivity contribution is 6.41. The molecule has 0 unspecified atom stereocenters. The molecule has 1 amide bonds. The van der Waals surface area contributed by atoms with Gasteiger partial charge in [-0.1, -0.05) is 34.8 Å². The molecule has 0 saturated heterocycles. The van der Waals surface area contributed by atoms with E-state index in [4.69, 9.17) is 44.8 Å². The van der Waals surface area contributed by atoms with E-state index in [1.54, 1.807) is 0 Å².